The number of anilines is 1. The van der Waals surface area contributed by atoms with Gasteiger partial charge in [0.15, 0.2) is 0 Å². The third-order valence-corrected chi connectivity index (χ3v) is 7.77. The zero-order valence-corrected chi connectivity index (χ0v) is 21.1. The highest BCUT2D eigenvalue weighted by molar-refractivity contribution is 7.21. The average molecular weight is 524 g/mol. The van der Waals surface area contributed by atoms with E-state index in [4.69, 9.17) is 16.3 Å². The van der Waals surface area contributed by atoms with E-state index >= 15 is 0 Å². The van der Waals surface area contributed by atoms with Crippen LogP contribution in [0, 0.1) is 5.92 Å². The van der Waals surface area contributed by atoms with Crippen molar-refractivity contribution in [2.45, 2.75) is 32.9 Å². The minimum atomic E-state index is -0.0937. The molecule has 3 aromatic heterocycles. The molecule has 0 radical (unpaired) electrons. The van der Waals surface area contributed by atoms with E-state index in [1.54, 1.807) is 11.1 Å². The molecule has 1 saturated heterocycles. The van der Waals surface area contributed by atoms with E-state index in [0.29, 0.717) is 41.1 Å². The zero-order valence-electron chi connectivity index (χ0n) is 19.5. The molecule has 0 spiro atoms. The van der Waals surface area contributed by atoms with E-state index in [0.717, 1.165) is 22.2 Å². The Labute approximate surface area is 215 Å². The van der Waals surface area contributed by atoms with Crippen molar-refractivity contribution in [3.8, 4) is 11.8 Å². The Morgan fingerprint density at radius 2 is 2.06 bits per heavy atom. The number of hydrogen-bond acceptors (Lipinski definition) is 9. The Morgan fingerprint density at radius 3 is 2.86 bits per heavy atom. The van der Waals surface area contributed by atoms with Crippen LogP contribution in [0.5, 0.6) is 11.8 Å². The highest BCUT2D eigenvalue weighted by Gasteiger charge is 2.29. The maximum absolute atomic E-state index is 12.7. The third-order valence-electron chi connectivity index (χ3n) is 6.43. The predicted molar refractivity (Wildman–Crippen MR) is 137 cm³/mol. The fraction of sp³-hybridized carbons (Fsp3) is 0.333. The molecule has 0 unspecified atom stereocenters. The highest BCUT2D eigenvalue weighted by atomic mass is 35.5. The molecular formula is C24H22ClN7O3S. The topological polar surface area (TPSA) is 122 Å². The first-order valence-electron chi connectivity index (χ1n) is 11.6. The van der Waals surface area contributed by atoms with E-state index in [9.17, 15) is 9.59 Å². The second kappa shape index (κ2) is 8.82. The molecule has 10 nitrogen and oxygen atoms in total. The fourth-order valence-corrected chi connectivity index (χ4v) is 5.76. The number of fused-ring (bicyclic) bond motifs is 5. The minimum Gasteiger partial charge on any atom is -0.418 e. The van der Waals surface area contributed by atoms with Crippen molar-refractivity contribution in [2.75, 3.05) is 18.4 Å². The second-order valence-electron chi connectivity index (χ2n) is 9.10. The molecule has 36 heavy (non-hydrogen) atoms. The van der Waals surface area contributed by atoms with E-state index in [1.165, 1.54) is 17.5 Å². The number of rotatable bonds is 4. The predicted octanol–water partition coefficient (Wildman–Crippen LogP) is 3.99. The summed E-state index contributed by atoms with van der Waals surface area (Å²) in [4.78, 5) is 45.0. The first-order valence-corrected chi connectivity index (χ1v) is 12.8. The van der Waals surface area contributed by atoms with Gasteiger partial charge in [0, 0.05) is 41.3 Å². The summed E-state index contributed by atoms with van der Waals surface area (Å²) < 4.78 is 6.95. The van der Waals surface area contributed by atoms with Crippen molar-refractivity contribution in [3.63, 3.8) is 0 Å². The summed E-state index contributed by atoms with van der Waals surface area (Å²) in [5.74, 6) is 0.468. The van der Waals surface area contributed by atoms with E-state index in [1.807, 2.05) is 26.0 Å². The summed E-state index contributed by atoms with van der Waals surface area (Å²) in [7, 11) is 0. The monoisotopic (exact) mass is 523 g/mol. The SMILES string of the molecule is C[C@@H]1CNc2c(sc3ccc4nc(Oc5nc(Cl)ncc5CN5CC[C@H](C)C5=O)cnc4c23)C(=O)N1. The molecule has 2 atom stereocenters. The van der Waals surface area contributed by atoms with Gasteiger partial charge in [0.2, 0.25) is 23.0 Å². The highest BCUT2D eigenvalue weighted by Crippen LogP contribution is 2.40. The lowest BCUT2D eigenvalue weighted by molar-refractivity contribution is -0.131. The maximum atomic E-state index is 12.7. The van der Waals surface area contributed by atoms with Crippen molar-refractivity contribution in [2.24, 2.45) is 5.92 Å². The van der Waals surface area contributed by atoms with Crippen molar-refractivity contribution < 1.29 is 14.3 Å². The molecule has 12 heteroatoms. The number of likely N-dealkylation sites (tertiary alicyclic amines) is 1. The number of ether oxygens (including phenoxy) is 1. The number of halogens is 1. The van der Waals surface area contributed by atoms with Gasteiger partial charge in [-0.15, -0.1) is 11.3 Å². The Hall–Kier alpha value is -3.57. The van der Waals surface area contributed by atoms with E-state index in [2.05, 4.69) is 30.6 Å². The summed E-state index contributed by atoms with van der Waals surface area (Å²) in [5, 5.41) is 7.28. The van der Waals surface area contributed by atoms with Crippen LogP contribution >= 0.6 is 22.9 Å². The van der Waals surface area contributed by atoms with Crippen LogP contribution in [0.3, 0.4) is 0 Å². The second-order valence-corrected chi connectivity index (χ2v) is 10.5. The summed E-state index contributed by atoms with van der Waals surface area (Å²) in [6.45, 7) is 5.49. The molecular weight excluding hydrogens is 502 g/mol. The van der Waals surface area contributed by atoms with Gasteiger partial charge in [0.05, 0.1) is 35.0 Å². The standard InChI is InChI=1S/C24H22ClN7O3S/c1-11-5-6-32(23(11)34)10-13-8-28-24(25)31-22(13)35-16-9-27-18-14(30-16)3-4-15-17(18)19-20(36-15)21(33)29-12(2)7-26-19/h3-4,8-9,11-12,26H,5-7,10H2,1-2H3,(H,29,33)/t11-,12+/m0/s1. The van der Waals surface area contributed by atoms with Gasteiger partial charge >= 0.3 is 0 Å². The zero-order chi connectivity index (χ0) is 25.0. The quantitative estimate of drug-likeness (QED) is 0.385. The average Bonchev–Trinajstić information content (AvgIpc) is 3.35. The molecule has 1 aromatic carbocycles. The van der Waals surface area contributed by atoms with Crippen LogP contribution in [0.4, 0.5) is 5.69 Å². The lowest BCUT2D eigenvalue weighted by atomic mass is 10.1. The lowest BCUT2D eigenvalue weighted by Crippen LogP contribution is -2.34. The first kappa shape index (κ1) is 22.9. The van der Waals surface area contributed by atoms with Crippen molar-refractivity contribution in [1.29, 1.82) is 0 Å². The number of nitrogens with one attached hydrogen (secondary N) is 2. The van der Waals surface area contributed by atoms with Gasteiger partial charge in [-0.05, 0) is 37.1 Å². The number of amides is 2. The van der Waals surface area contributed by atoms with E-state index < -0.39 is 0 Å². The van der Waals surface area contributed by atoms with Gasteiger partial charge in [-0.2, -0.15) is 4.98 Å². The Kier molecular flexibility index (Phi) is 5.60. The van der Waals surface area contributed by atoms with Gasteiger partial charge in [-0.25, -0.2) is 15.0 Å². The molecule has 2 aliphatic rings. The van der Waals surface area contributed by atoms with Gasteiger partial charge < -0.3 is 20.3 Å². The molecule has 4 aromatic rings. The lowest BCUT2D eigenvalue weighted by Gasteiger charge is -2.17. The number of carbonyl (C=O) groups excluding carboxylic acids is 2. The molecule has 2 N–H and O–H groups in total. The fourth-order valence-electron chi connectivity index (χ4n) is 4.55. The summed E-state index contributed by atoms with van der Waals surface area (Å²) >= 11 is 7.47. The summed E-state index contributed by atoms with van der Waals surface area (Å²) in [6.07, 6.45) is 3.90. The van der Waals surface area contributed by atoms with Crippen LogP contribution in [0.25, 0.3) is 21.1 Å². The minimum absolute atomic E-state index is 0.00158. The van der Waals surface area contributed by atoms with Crippen molar-refractivity contribution in [3.05, 3.63) is 40.3 Å². The van der Waals surface area contributed by atoms with Gasteiger partial charge in [0.1, 0.15) is 4.88 Å². The smallest absolute Gasteiger partial charge is 0.263 e. The number of benzene rings is 1. The Morgan fingerprint density at radius 1 is 1.19 bits per heavy atom. The molecule has 5 heterocycles. The number of thiophene rings is 1. The van der Waals surface area contributed by atoms with Gasteiger partial charge in [-0.1, -0.05) is 6.92 Å². The van der Waals surface area contributed by atoms with Crippen LogP contribution in [0.2, 0.25) is 5.28 Å². The molecule has 6 rings (SSSR count). The molecule has 2 amide bonds. The number of aromatic nitrogens is 4. The summed E-state index contributed by atoms with van der Waals surface area (Å²) in [5.41, 5.74) is 2.70. The largest absolute Gasteiger partial charge is 0.418 e. The third kappa shape index (κ3) is 3.97. The molecule has 1 fully saturated rings. The van der Waals surface area contributed by atoms with Crippen LogP contribution in [0.1, 0.15) is 35.5 Å². The Bertz CT molecular complexity index is 1540. The maximum Gasteiger partial charge on any atom is 0.263 e. The molecule has 2 aliphatic heterocycles. The molecule has 184 valence electrons. The van der Waals surface area contributed by atoms with Gasteiger partial charge in [0.25, 0.3) is 5.91 Å². The van der Waals surface area contributed by atoms with E-state index in [-0.39, 0.29) is 40.8 Å². The van der Waals surface area contributed by atoms with Crippen LogP contribution in [-0.4, -0.2) is 55.8 Å². The molecule has 0 saturated carbocycles. The number of hydrogen-bond donors (Lipinski definition) is 2. The van der Waals surface area contributed by atoms with Crippen molar-refractivity contribution in [1.82, 2.24) is 30.2 Å². The number of nitrogens with zero attached hydrogens (tertiary/aromatic N) is 5. The normalized spacial score (nSPS) is 19.8. The van der Waals surface area contributed by atoms with Crippen LogP contribution < -0.4 is 15.4 Å². The number of carbonyl (C=O) groups is 2. The van der Waals surface area contributed by atoms with Crippen molar-refractivity contribution >= 4 is 61.6 Å². The Balaban J connectivity index is 1.35. The molecule has 0 bridgehead atoms. The van der Waals surface area contributed by atoms with Gasteiger partial charge in [-0.3, -0.25) is 9.59 Å². The molecule has 0 aliphatic carbocycles. The van der Waals surface area contributed by atoms with Crippen LogP contribution in [0.15, 0.2) is 24.5 Å². The summed E-state index contributed by atoms with van der Waals surface area (Å²) in [6, 6.07) is 3.80. The first-order chi connectivity index (χ1) is 17.4. The van der Waals surface area contributed by atoms with Crippen LogP contribution in [-0.2, 0) is 11.3 Å².